The molecule has 1 heterocycles. The lowest BCUT2D eigenvalue weighted by Crippen LogP contribution is -2.23. The highest BCUT2D eigenvalue weighted by molar-refractivity contribution is 5.91. The molecule has 104 valence electrons. The molecular weight excluding hydrogens is 252 g/mol. The maximum atomic E-state index is 12.0. The van der Waals surface area contributed by atoms with E-state index < -0.39 is 0 Å². The quantitative estimate of drug-likeness (QED) is 0.686. The highest BCUT2D eigenvalue weighted by Crippen LogP contribution is 2.10. The molecule has 0 spiro atoms. The number of anilines is 1. The Hall–Kier alpha value is -2.49. The van der Waals surface area contributed by atoms with E-state index >= 15 is 0 Å². The predicted octanol–water partition coefficient (Wildman–Crippen LogP) is 2.84. The normalized spacial score (nSPS) is 10.9. The molecule has 1 aromatic carbocycles. The summed E-state index contributed by atoms with van der Waals surface area (Å²) >= 11 is 0. The van der Waals surface area contributed by atoms with E-state index in [1.54, 1.807) is 36.2 Å². The number of aryl methyl sites for hydroxylation is 1. The molecule has 0 atom stereocenters. The van der Waals surface area contributed by atoms with Crippen molar-refractivity contribution in [3.63, 3.8) is 0 Å². The van der Waals surface area contributed by atoms with Crippen LogP contribution < -0.4 is 5.73 Å². The highest BCUT2D eigenvalue weighted by Gasteiger charge is 2.08. The second-order valence-electron chi connectivity index (χ2n) is 4.71. The number of benzene rings is 1. The topological polar surface area (TPSA) is 59.5 Å². The maximum absolute atomic E-state index is 12.0. The molecule has 4 heteroatoms. The molecule has 2 rings (SSSR count). The van der Waals surface area contributed by atoms with E-state index in [0.717, 1.165) is 17.1 Å². The minimum Gasteiger partial charge on any atom is -0.464 e. The monoisotopic (exact) mass is 270 g/mol. The fourth-order valence-corrected chi connectivity index (χ4v) is 1.78. The first-order chi connectivity index (χ1) is 9.54. The zero-order valence-corrected chi connectivity index (χ0v) is 11.7. The summed E-state index contributed by atoms with van der Waals surface area (Å²) in [6, 6.07) is 11.1. The number of carbonyl (C=O) groups excluding carboxylic acids is 1. The van der Waals surface area contributed by atoms with Gasteiger partial charge in [-0.2, -0.15) is 0 Å². The Bertz CT molecular complexity index is 612. The van der Waals surface area contributed by atoms with Gasteiger partial charge in [-0.25, -0.2) is 0 Å². The van der Waals surface area contributed by atoms with E-state index in [9.17, 15) is 4.79 Å². The van der Waals surface area contributed by atoms with Gasteiger partial charge in [0, 0.05) is 18.8 Å². The number of hydrogen-bond donors (Lipinski definition) is 1. The third-order valence-corrected chi connectivity index (χ3v) is 2.92. The van der Waals surface area contributed by atoms with Gasteiger partial charge in [0.25, 0.3) is 0 Å². The Balaban J connectivity index is 1.95. The zero-order chi connectivity index (χ0) is 14.5. The van der Waals surface area contributed by atoms with E-state index in [0.29, 0.717) is 12.2 Å². The average Bonchev–Trinajstić information content (AvgIpc) is 2.83. The number of likely N-dealkylation sites (N-methyl/N-ethyl adjacent to an activating group) is 1. The molecule has 0 unspecified atom stereocenters. The summed E-state index contributed by atoms with van der Waals surface area (Å²) in [4.78, 5) is 13.6. The van der Waals surface area contributed by atoms with E-state index in [4.69, 9.17) is 10.2 Å². The fourth-order valence-electron chi connectivity index (χ4n) is 1.78. The van der Waals surface area contributed by atoms with E-state index in [2.05, 4.69) is 0 Å². The Labute approximate surface area is 118 Å². The molecule has 2 N–H and O–H groups in total. The lowest BCUT2D eigenvalue weighted by molar-refractivity contribution is -0.125. The van der Waals surface area contributed by atoms with Crippen molar-refractivity contribution in [3.05, 3.63) is 59.6 Å². The van der Waals surface area contributed by atoms with Gasteiger partial charge in [0.15, 0.2) is 0 Å². The number of rotatable bonds is 4. The average molecular weight is 270 g/mol. The zero-order valence-electron chi connectivity index (χ0n) is 11.7. The van der Waals surface area contributed by atoms with Crippen molar-refractivity contribution in [1.82, 2.24) is 4.90 Å². The molecule has 1 amide bonds. The minimum atomic E-state index is -0.0733. The molecule has 1 aromatic heterocycles. The first-order valence-corrected chi connectivity index (χ1v) is 6.38. The van der Waals surface area contributed by atoms with Gasteiger partial charge in [0.05, 0.1) is 6.54 Å². The van der Waals surface area contributed by atoms with Crippen LogP contribution in [0.5, 0.6) is 0 Å². The lowest BCUT2D eigenvalue weighted by atomic mass is 10.2. The molecule has 0 aliphatic rings. The second kappa shape index (κ2) is 6.10. The Morgan fingerprint density at radius 2 is 1.95 bits per heavy atom. The SMILES string of the molecule is Cc1ccc(CN(C)C(=O)/C=C/c2ccc(N)cc2)o1. The van der Waals surface area contributed by atoms with Crippen LogP contribution in [0, 0.1) is 6.92 Å². The van der Waals surface area contributed by atoms with Crippen LogP contribution in [0.2, 0.25) is 0 Å². The standard InChI is InChI=1S/C16H18N2O2/c1-12-3-9-15(20-12)11-18(2)16(19)10-6-13-4-7-14(17)8-5-13/h3-10H,11,17H2,1-2H3/b10-6+. The summed E-state index contributed by atoms with van der Waals surface area (Å²) in [6.45, 7) is 2.34. The molecule has 0 radical (unpaired) electrons. The van der Waals surface area contributed by atoms with Crippen molar-refractivity contribution < 1.29 is 9.21 Å². The number of nitrogen functional groups attached to an aromatic ring is 1. The van der Waals surface area contributed by atoms with Gasteiger partial charge in [-0.3, -0.25) is 4.79 Å². The summed E-state index contributed by atoms with van der Waals surface area (Å²) in [5.74, 6) is 1.55. The third kappa shape index (κ3) is 3.75. The van der Waals surface area contributed by atoms with Gasteiger partial charge in [-0.1, -0.05) is 12.1 Å². The van der Waals surface area contributed by atoms with Crippen LogP contribution in [0.3, 0.4) is 0 Å². The smallest absolute Gasteiger partial charge is 0.246 e. The lowest BCUT2D eigenvalue weighted by Gasteiger charge is -2.13. The summed E-state index contributed by atoms with van der Waals surface area (Å²) in [5.41, 5.74) is 7.26. The number of amides is 1. The van der Waals surface area contributed by atoms with Gasteiger partial charge in [-0.05, 0) is 42.8 Å². The van der Waals surface area contributed by atoms with Crippen LogP contribution >= 0.6 is 0 Å². The molecule has 0 saturated heterocycles. The number of carbonyl (C=O) groups is 1. The maximum Gasteiger partial charge on any atom is 0.246 e. The molecule has 0 aliphatic heterocycles. The molecule has 0 bridgehead atoms. The Kier molecular flexibility index (Phi) is 4.25. The first kappa shape index (κ1) is 13.9. The van der Waals surface area contributed by atoms with Crippen LogP contribution in [-0.2, 0) is 11.3 Å². The summed E-state index contributed by atoms with van der Waals surface area (Å²) in [5, 5.41) is 0. The van der Waals surface area contributed by atoms with Crippen LogP contribution in [0.1, 0.15) is 17.1 Å². The number of hydrogen-bond acceptors (Lipinski definition) is 3. The van der Waals surface area contributed by atoms with Crippen molar-refractivity contribution in [2.75, 3.05) is 12.8 Å². The minimum absolute atomic E-state index is 0.0733. The van der Waals surface area contributed by atoms with Crippen molar-refractivity contribution in [2.24, 2.45) is 0 Å². The highest BCUT2D eigenvalue weighted by atomic mass is 16.3. The molecule has 0 saturated carbocycles. The van der Waals surface area contributed by atoms with Crippen molar-refractivity contribution >= 4 is 17.7 Å². The van der Waals surface area contributed by atoms with Crippen LogP contribution in [0.25, 0.3) is 6.08 Å². The van der Waals surface area contributed by atoms with Gasteiger partial charge in [0.1, 0.15) is 11.5 Å². The predicted molar refractivity (Wildman–Crippen MR) is 79.8 cm³/mol. The van der Waals surface area contributed by atoms with Crippen molar-refractivity contribution in [2.45, 2.75) is 13.5 Å². The Morgan fingerprint density at radius 1 is 1.25 bits per heavy atom. The summed E-state index contributed by atoms with van der Waals surface area (Å²) in [6.07, 6.45) is 3.31. The second-order valence-corrected chi connectivity index (χ2v) is 4.71. The van der Waals surface area contributed by atoms with Crippen LogP contribution in [0.15, 0.2) is 46.9 Å². The van der Waals surface area contributed by atoms with Gasteiger partial charge < -0.3 is 15.1 Å². The number of furan rings is 1. The third-order valence-electron chi connectivity index (χ3n) is 2.92. The summed E-state index contributed by atoms with van der Waals surface area (Å²) in [7, 11) is 1.74. The van der Waals surface area contributed by atoms with Crippen molar-refractivity contribution in [3.8, 4) is 0 Å². The van der Waals surface area contributed by atoms with Gasteiger partial charge in [0.2, 0.25) is 5.91 Å². The van der Waals surface area contributed by atoms with Gasteiger partial charge in [-0.15, -0.1) is 0 Å². The van der Waals surface area contributed by atoms with Crippen LogP contribution in [0.4, 0.5) is 5.69 Å². The fraction of sp³-hybridized carbons (Fsp3) is 0.188. The van der Waals surface area contributed by atoms with Crippen molar-refractivity contribution in [1.29, 1.82) is 0 Å². The Morgan fingerprint density at radius 3 is 2.55 bits per heavy atom. The van der Waals surface area contributed by atoms with E-state index in [1.165, 1.54) is 0 Å². The number of nitrogens with zero attached hydrogens (tertiary/aromatic N) is 1. The molecule has 0 fully saturated rings. The van der Waals surface area contributed by atoms with E-state index in [1.807, 2.05) is 31.2 Å². The molecule has 0 aliphatic carbocycles. The first-order valence-electron chi connectivity index (χ1n) is 6.38. The van der Waals surface area contributed by atoms with Gasteiger partial charge >= 0.3 is 0 Å². The van der Waals surface area contributed by atoms with Crippen LogP contribution in [-0.4, -0.2) is 17.9 Å². The number of nitrogens with two attached hydrogens (primary N) is 1. The molecule has 20 heavy (non-hydrogen) atoms. The molecule has 4 nitrogen and oxygen atoms in total. The van der Waals surface area contributed by atoms with E-state index in [-0.39, 0.29) is 5.91 Å². The summed E-state index contributed by atoms with van der Waals surface area (Å²) < 4.78 is 5.45. The molecular formula is C16H18N2O2. The largest absolute Gasteiger partial charge is 0.464 e. The molecule has 2 aromatic rings.